The highest BCUT2D eigenvalue weighted by Gasteiger charge is 2.19. The van der Waals surface area contributed by atoms with Crippen molar-refractivity contribution in [2.24, 2.45) is 0 Å². The van der Waals surface area contributed by atoms with Gasteiger partial charge in [0.2, 0.25) is 5.91 Å². The Kier molecular flexibility index (Phi) is 4.83. The topological polar surface area (TPSA) is 54.9 Å². The Bertz CT molecular complexity index is 782. The number of carbonyl (C=O) groups excluding carboxylic acids is 1. The summed E-state index contributed by atoms with van der Waals surface area (Å²) in [4.78, 5) is 23.1. The number of aromatic nitrogens is 2. The highest BCUT2D eigenvalue weighted by molar-refractivity contribution is 7.11. The number of rotatable bonds is 5. The molecule has 0 radical (unpaired) electrons. The van der Waals surface area contributed by atoms with Crippen LogP contribution in [0.4, 0.5) is 0 Å². The maximum absolute atomic E-state index is 12.5. The van der Waals surface area contributed by atoms with Gasteiger partial charge in [-0.3, -0.25) is 9.78 Å². The van der Waals surface area contributed by atoms with E-state index in [0.29, 0.717) is 6.42 Å². The van der Waals surface area contributed by atoms with E-state index in [4.69, 9.17) is 0 Å². The molecule has 1 atom stereocenters. The number of nitrogens with zero attached hydrogens (tertiary/aromatic N) is 2. The molecule has 1 N–H and O–H groups in total. The number of amides is 1. The predicted molar refractivity (Wildman–Crippen MR) is 93.8 cm³/mol. The Morgan fingerprint density at radius 1 is 1.26 bits per heavy atom. The minimum atomic E-state index is -0.139. The number of hydrogen-bond donors (Lipinski definition) is 1. The second kappa shape index (κ2) is 7.02. The lowest BCUT2D eigenvalue weighted by Gasteiger charge is -2.17. The highest BCUT2D eigenvalue weighted by Crippen LogP contribution is 2.26. The number of thiophene rings is 1. The van der Waals surface area contributed by atoms with Crippen LogP contribution >= 0.6 is 22.7 Å². The van der Waals surface area contributed by atoms with E-state index in [1.54, 1.807) is 35.1 Å². The van der Waals surface area contributed by atoms with Crippen LogP contribution in [0, 0.1) is 13.8 Å². The maximum Gasteiger partial charge on any atom is 0.226 e. The van der Waals surface area contributed by atoms with E-state index in [1.165, 1.54) is 0 Å². The van der Waals surface area contributed by atoms with Gasteiger partial charge >= 0.3 is 0 Å². The summed E-state index contributed by atoms with van der Waals surface area (Å²) in [6.07, 6.45) is 3.86. The van der Waals surface area contributed by atoms with Crippen molar-refractivity contribution in [2.45, 2.75) is 26.3 Å². The third-order valence-electron chi connectivity index (χ3n) is 3.49. The van der Waals surface area contributed by atoms with Gasteiger partial charge in [-0.1, -0.05) is 6.07 Å². The van der Waals surface area contributed by atoms with E-state index < -0.39 is 0 Å². The summed E-state index contributed by atoms with van der Waals surface area (Å²) in [6.45, 7) is 3.91. The van der Waals surface area contributed by atoms with Gasteiger partial charge in [-0.15, -0.1) is 22.7 Å². The molecule has 3 aromatic rings. The van der Waals surface area contributed by atoms with Gasteiger partial charge in [0.15, 0.2) is 0 Å². The molecule has 1 amide bonds. The number of carbonyl (C=O) groups is 1. The first-order valence-electron chi connectivity index (χ1n) is 7.29. The summed E-state index contributed by atoms with van der Waals surface area (Å²) in [6, 6.07) is 7.77. The monoisotopic (exact) mass is 343 g/mol. The van der Waals surface area contributed by atoms with Gasteiger partial charge in [-0.2, -0.15) is 0 Å². The van der Waals surface area contributed by atoms with Crippen molar-refractivity contribution in [1.82, 2.24) is 15.3 Å². The summed E-state index contributed by atoms with van der Waals surface area (Å²) < 4.78 is 0. The van der Waals surface area contributed by atoms with Crippen LogP contribution in [0.5, 0.6) is 0 Å². The molecule has 0 aliphatic carbocycles. The molecule has 0 saturated carbocycles. The molecule has 4 nitrogen and oxygen atoms in total. The molecule has 0 aromatic carbocycles. The Balaban J connectivity index is 1.79. The Labute approximate surface area is 143 Å². The zero-order valence-corrected chi connectivity index (χ0v) is 14.6. The lowest BCUT2D eigenvalue weighted by atomic mass is 10.1. The van der Waals surface area contributed by atoms with Crippen LogP contribution in [0.1, 0.15) is 32.1 Å². The fourth-order valence-electron chi connectivity index (χ4n) is 2.43. The number of nitrogens with one attached hydrogen (secondary N) is 1. The normalized spacial score (nSPS) is 12.1. The van der Waals surface area contributed by atoms with Crippen molar-refractivity contribution in [3.63, 3.8) is 0 Å². The van der Waals surface area contributed by atoms with Gasteiger partial charge in [0.1, 0.15) is 0 Å². The van der Waals surface area contributed by atoms with Crippen molar-refractivity contribution in [1.29, 1.82) is 0 Å². The number of thiazole rings is 1. The van der Waals surface area contributed by atoms with E-state index in [2.05, 4.69) is 15.3 Å². The number of pyridine rings is 1. The van der Waals surface area contributed by atoms with Crippen LogP contribution in [0.2, 0.25) is 0 Å². The fraction of sp³-hybridized carbons (Fsp3) is 0.235. The number of aryl methyl sites for hydroxylation is 2. The first-order chi connectivity index (χ1) is 11.1. The summed E-state index contributed by atoms with van der Waals surface area (Å²) >= 11 is 3.22. The maximum atomic E-state index is 12.5. The van der Waals surface area contributed by atoms with Crippen LogP contribution < -0.4 is 5.32 Å². The van der Waals surface area contributed by atoms with Crippen LogP contribution in [0.25, 0.3) is 0 Å². The van der Waals surface area contributed by atoms with E-state index >= 15 is 0 Å². The van der Waals surface area contributed by atoms with Gasteiger partial charge in [0.05, 0.1) is 23.2 Å². The molecular formula is C17H17N3OS2. The third kappa shape index (κ3) is 3.83. The average Bonchev–Trinajstić information content (AvgIpc) is 3.16. The Morgan fingerprint density at radius 3 is 2.65 bits per heavy atom. The summed E-state index contributed by atoms with van der Waals surface area (Å²) in [5.74, 6) is 0.00645. The van der Waals surface area contributed by atoms with Crippen molar-refractivity contribution >= 4 is 28.6 Å². The van der Waals surface area contributed by atoms with Crippen LogP contribution in [-0.2, 0) is 11.2 Å². The molecule has 0 unspecified atom stereocenters. The molecule has 6 heteroatoms. The first-order valence-corrected chi connectivity index (χ1v) is 8.98. The molecule has 3 aromatic heterocycles. The second-order valence-corrected chi connectivity index (χ2v) is 7.48. The summed E-state index contributed by atoms with van der Waals surface area (Å²) in [5.41, 5.74) is 1.98. The molecule has 3 rings (SSSR count). The third-order valence-corrected chi connectivity index (χ3v) is 5.50. The molecule has 0 bridgehead atoms. The lowest BCUT2D eigenvalue weighted by Crippen LogP contribution is -2.30. The molecule has 0 spiro atoms. The van der Waals surface area contributed by atoms with Crippen molar-refractivity contribution in [3.8, 4) is 0 Å². The largest absolute Gasteiger partial charge is 0.344 e. The van der Waals surface area contributed by atoms with E-state index in [1.807, 2.05) is 43.5 Å². The fourth-order valence-corrected chi connectivity index (χ4v) is 4.16. The zero-order valence-electron chi connectivity index (χ0n) is 12.9. The van der Waals surface area contributed by atoms with Crippen molar-refractivity contribution in [3.05, 3.63) is 68.1 Å². The predicted octanol–water partition coefficient (Wildman–Crippen LogP) is 3.66. The van der Waals surface area contributed by atoms with Crippen LogP contribution in [0.3, 0.4) is 0 Å². The quantitative estimate of drug-likeness (QED) is 0.769. The summed E-state index contributed by atoms with van der Waals surface area (Å²) in [7, 11) is 0. The molecule has 0 aliphatic heterocycles. The van der Waals surface area contributed by atoms with Crippen LogP contribution in [0.15, 0.2) is 42.0 Å². The summed E-state index contributed by atoms with van der Waals surface area (Å²) in [5, 5.41) is 6.16. The van der Waals surface area contributed by atoms with Gasteiger partial charge in [0.25, 0.3) is 0 Å². The second-order valence-electron chi connectivity index (χ2n) is 5.21. The Hall–Kier alpha value is -2.05. The first kappa shape index (κ1) is 15.8. The standard InChI is InChI=1S/C17H17N3OS2/c1-11-15(23-12(2)19-11)10-16(21)20-17(14-4-3-9-22-14)13-5-7-18-8-6-13/h3-9,17H,10H2,1-2H3,(H,20,21)/t17-/m0/s1. The van der Waals surface area contributed by atoms with Gasteiger partial charge < -0.3 is 5.32 Å². The average molecular weight is 343 g/mol. The van der Waals surface area contributed by atoms with Crippen molar-refractivity contribution in [2.75, 3.05) is 0 Å². The molecule has 118 valence electrons. The van der Waals surface area contributed by atoms with Gasteiger partial charge in [0, 0.05) is 22.1 Å². The minimum Gasteiger partial charge on any atom is -0.344 e. The highest BCUT2D eigenvalue weighted by atomic mass is 32.1. The Morgan fingerprint density at radius 2 is 2.04 bits per heavy atom. The number of hydrogen-bond acceptors (Lipinski definition) is 5. The molecular weight excluding hydrogens is 326 g/mol. The van der Waals surface area contributed by atoms with E-state index in [-0.39, 0.29) is 11.9 Å². The van der Waals surface area contributed by atoms with E-state index in [0.717, 1.165) is 26.0 Å². The smallest absolute Gasteiger partial charge is 0.226 e. The minimum absolute atomic E-state index is 0.00645. The molecule has 0 fully saturated rings. The van der Waals surface area contributed by atoms with Gasteiger partial charge in [-0.05, 0) is 43.0 Å². The molecule has 23 heavy (non-hydrogen) atoms. The SMILES string of the molecule is Cc1nc(C)c(CC(=O)N[C@@H](c2ccncc2)c2cccs2)s1. The van der Waals surface area contributed by atoms with Gasteiger partial charge in [-0.25, -0.2) is 4.98 Å². The van der Waals surface area contributed by atoms with Crippen LogP contribution in [-0.4, -0.2) is 15.9 Å². The molecule has 3 heterocycles. The van der Waals surface area contributed by atoms with Crippen molar-refractivity contribution < 1.29 is 4.79 Å². The zero-order chi connectivity index (χ0) is 16.2. The van der Waals surface area contributed by atoms with E-state index in [9.17, 15) is 4.79 Å². The molecule has 0 saturated heterocycles. The lowest BCUT2D eigenvalue weighted by molar-refractivity contribution is -0.120. The molecule has 0 aliphatic rings.